The molecule has 0 spiro atoms. The van der Waals surface area contributed by atoms with Crippen LogP contribution in [0.25, 0.3) is 0 Å². The van der Waals surface area contributed by atoms with E-state index in [4.69, 9.17) is 0 Å². The van der Waals surface area contributed by atoms with Crippen molar-refractivity contribution in [3.05, 3.63) is 34.2 Å². The monoisotopic (exact) mass is 292 g/mol. The first-order valence-electron chi connectivity index (χ1n) is 7.09. The van der Waals surface area contributed by atoms with Crippen molar-refractivity contribution in [1.82, 2.24) is 9.47 Å². The van der Waals surface area contributed by atoms with Gasteiger partial charge in [-0.15, -0.1) is 0 Å². The van der Waals surface area contributed by atoms with Crippen LogP contribution in [0.1, 0.15) is 36.5 Å². The van der Waals surface area contributed by atoms with Crippen LogP contribution in [0.15, 0.2) is 23.1 Å². The van der Waals surface area contributed by atoms with Gasteiger partial charge < -0.3 is 14.6 Å². The molecule has 0 aliphatic carbocycles. The summed E-state index contributed by atoms with van der Waals surface area (Å²) in [6.45, 7) is 2.57. The lowest BCUT2D eigenvalue weighted by molar-refractivity contribution is -0.148. The average Bonchev–Trinajstić information content (AvgIpc) is 2.87. The summed E-state index contributed by atoms with van der Waals surface area (Å²) in [4.78, 5) is 37.1. The molecule has 6 heteroatoms. The van der Waals surface area contributed by atoms with Crippen LogP contribution in [0.5, 0.6) is 0 Å². The second-order valence-corrected chi connectivity index (χ2v) is 5.68. The highest BCUT2D eigenvalue weighted by atomic mass is 16.4. The van der Waals surface area contributed by atoms with Crippen molar-refractivity contribution in [3.63, 3.8) is 0 Å². The molecule has 1 saturated heterocycles. The van der Waals surface area contributed by atoms with E-state index in [0.29, 0.717) is 24.9 Å². The molecule has 1 N–H and O–H groups in total. The van der Waals surface area contributed by atoms with E-state index < -0.39 is 11.4 Å². The summed E-state index contributed by atoms with van der Waals surface area (Å²) in [7, 11) is 1.61. The molecular weight excluding hydrogens is 272 g/mol. The number of rotatable bonds is 4. The zero-order valence-corrected chi connectivity index (χ0v) is 12.3. The van der Waals surface area contributed by atoms with E-state index in [2.05, 4.69) is 0 Å². The van der Waals surface area contributed by atoms with E-state index >= 15 is 0 Å². The largest absolute Gasteiger partial charge is 0.481 e. The number of aliphatic carboxylic acids is 1. The van der Waals surface area contributed by atoms with Crippen molar-refractivity contribution >= 4 is 11.9 Å². The zero-order chi connectivity index (χ0) is 15.6. The van der Waals surface area contributed by atoms with E-state index in [1.165, 1.54) is 10.6 Å². The van der Waals surface area contributed by atoms with Crippen LogP contribution in [0.2, 0.25) is 0 Å². The van der Waals surface area contributed by atoms with Crippen molar-refractivity contribution in [2.75, 3.05) is 13.1 Å². The fourth-order valence-corrected chi connectivity index (χ4v) is 2.87. The number of carbonyl (C=O) groups excluding carboxylic acids is 1. The molecule has 0 saturated carbocycles. The van der Waals surface area contributed by atoms with Gasteiger partial charge >= 0.3 is 5.97 Å². The molecule has 1 aliphatic heterocycles. The van der Waals surface area contributed by atoms with Crippen molar-refractivity contribution in [3.8, 4) is 0 Å². The second kappa shape index (κ2) is 5.71. The smallest absolute Gasteiger partial charge is 0.311 e. The predicted molar refractivity (Wildman–Crippen MR) is 77.2 cm³/mol. The lowest BCUT2D eigenvalue weighted by atomic mass is 9.83. The first-order valence-corrected chi connectivity index (χ1v) is 7.09. The Bertz CT molecular complexity index is 622. The zero-order valence-electron chi connectivity index (χ0n) is 12.3. The van der Waals surface area contributed by atoms with E-state index in [1.807, 2.05) is 6.92 Å². The molecule has 1 aliphatic rings. The van der Waals surface area contributed by atoms with Crippen LogP contribution in [-0.4, -0.2) is 39.5 Å². The van der Waals surface area contributed by atoms with Gasteiger partial charge in [-0.05, 0) is 18.9 Å². The number of nitrogens with zero attached hydrogens (tertiary/aromatic N) is 2. The number of aromatic nitrogens is 1. The highest BCUT2D eigenvalue weighted by molar-refractivity contribution is 5.94. The Hall–Kier alpha value is -2.11. The number of aryl methyl sites for hydroxylation is 1. The van der Waals surface area contributed by atoms with Crippen LogP contribution in [0, 0.1) is 5.41 Å². The Balaban J connectivity index is 2.20. The molecule has 0 radical (unpaired) electrons. The Morgan fingerprint density at radius 1 is 1.43 bits per heavy atom. The Labute approximate surface area is 123 Å². The minimum Gasteiger partial charge on any atom is -0.481 e. The number of hydrogen-bond donors (Lipinski definition) is 1. The Kier molecular flexibility index (Phi) is 4.16. The molecule has 1 unspecified atom stereocenters. The van der Waals surface area contributed by atoms with Crippen molar-refractivity contribution < 1.29 is 14.7 Å². The molecule has 1 atom stereocenters. The molecule has 0 bridgehead atoms. The summed E-state index contributed by atoms with van der Waals surface area (Å²) in [5.74, 6) is -1.12. The third-order valence-electron chi connectivity index (χ3n) is 4.17. The normalized spacial score (nSPS) is 21.5. The summed E-state index contributed by atoms with van der Waals surface area (Å²) in [6, 6.07) is 2.88. The van der Waals surface area contributed by atoms with Crippen LogP contribution < -0.4 is 5.56 Å². The van der Waals surface area contributed by atoms with Gasteiger partial charge in [0.2, 0.25) is 0 Å². The van der Waals surface area contributed by atoms with Gasteiger partial charge in [-0.25, -0.2) is 0 Å². The van der Waals surface area contributed by atoms with Crippen molar-refractivity contribution in [2.45, 2.75) is 26.2 Å². The minimum atomic E-state index is -0.844. The predicted octanol–water partition coefficient (Wildman–Crippen LogP) is 1.10. The SMILES string of the molecule is CCCC1(C(=O)O)CCN(C(=O)c2ccn(C)c(=O)c2)C1. The molecular formula is C15H20N2O4. The van der Waals surface area contributed by atoms with Gasteiger partial charge in [-0.3, -0.25) is 14.4 Å². The van der Waals surface area contributed by atoms with Crippen LogP contribution in [0.3, 0.4) is 0 Å². The van der Waals surface area contributed by atoms with Gasteiger partial charge in [0.05, 0.1) is 5.41 Å². The quantitative estimate of drug-likeness (QED) is 0.901. The Morgan fingerprint density at radius 2 is 2.14 bits per heavy atom. The topological polar surface area (TPSA) is 79.6 Å². The highest BCUT2D eigenvalue weighted by Gasteiger charge is 2.45. The first-order chi connectivity index (χ1) is 9.89. The fraction of sp³-hybridized carbons (Fsp3) is 0.533. The minimum absolute atomic E-state index is 0.213. The first kappa shape index (κ1) is 15.3. The fourth-order valence-electron chi connectivity index (χ4n) is 2.87. The van der Waals surface area contributed by atoms with E-state index in [0.717, 1.165) is 6.42 Å². The van der Waals surface area contributed by atoms with Crippen molar-refractivity contribution in [2.24, 2.45) is 12.5 Å². The molecule has 21 heavy (non-hydrogen) atoms. The van der Waals surface area contributed by atoms with Crippen LogP contribution in [0.4, 0.5) is 0 Å². The third kappa shape index (κ3) is 2.84. The Morgan fingerprint density at radius 3 is 2.71 bits per heavy atom. The maximum absolute atomic E-state index is 12.4. The molecule has 1 aromatic rings. The number of carboxylic acids is 1. The number of likely N-dealkylation sites (tertiary alicyclic amines) is 1. The van der Waals surface area contributed by atoms with E-state index in [1.54, 1.807) is 24.2 Å². The summed E-state index contributed by atoms with van der Waals surface area (Å²) < 4.78 is 1.39. The second-order valence-electron chi connectivity index (χ2n) is 5.68. The van der Waals surface area contributed by atoms with Gasteiger partial charge in [0.25, 0.3) is 11.5 Å². The van der Waals surface area contributed by atoms with Gasteiger partial charge in [-0.1, -0.05) is 13.3 Å². The number of carbonyl (C=O) groups is 2. The third-order valence-corrected chi connectivity index (χ3v) is 4.17. The lowest BCUT2D eigenvalue weighted by Gasteiger charge is -2.24. The highest BCUT2D eigenvalue weighted by Crippen LogP contribution is 2.36. The summed E-state index contributed by atoms with van der Waals surface area (Å²) in [6.07, 6.45) is 3.33. The average molecular weight is 292 g/mol. The summed E-state index contributed by atoms with van der Waals surface area (Å²) >= 11 is 0. The van der Waals surface area contributed by atoms with Crippen LogP contribution in [-0.2, 0) is 11.8 Å². The maximum atomic E-state index is 12.4. The number of amides is 1. The summed E-state index contributed by atoms with van der Waals surface area (Å²) in [5, 5.41) is 9.45. The van der Waals surface area contributed by atoms with Gasteiger partial charge in [0, 0.05) is 38.0 Å². The van der Waals surface area contributed by atoms with Gasteiger partial charge in [-0.2, -0.15) is 0 Å². The molecule has 2 rings (SSSR count). The van der Waals surface area contributed by atoms with Gasteiger partial charge in [0.1, 0.15) is 0 Å². The molecule has 6 nitrogen and oxygen atoms in total. The maximum Gasteiger partial charge on any atom is 0.311 e. The molecule has 1 aromatic heterocycles. The molecule has 1 fully saturated rings. The van der Waals surface area contributed by atoms with E-state index in [9.17, 15) is 19.5 Å². The standard InChI is InChI=1S/C15H20N2O4/c1-3-5-15(14(20)21)6-8-17(10-15)13(19)11-4-7-16(2)12(18)9-11/h4,7,9H,3,5-6,8,10H2,1-2H3,(H,20,21). The molecule has 1 amide bonds. The van der Waals surface area contributed by atoms with Crippen molar-refractivity contribution in [1.29, 1.82) is 0 Å². The number of pyridine rings is 1. The summed E-state index contributed by atoms with van der Waals surface area (Å²) in [5.41, 5.74) is -0.779. The van der Waals surface area contributed by atoms with E-state index in [-0.39, 0.29) is 18.0 Å². The number of hydrogen-bond acceptors (Lipinski definition) is 3. The molecule has 0 aromatic carbocycles. The molecule has 114 valence electrons. The lowest BCUT2D eigenvalue weighted by Crippen LogP contribution is -2.37. The number of carboxylic acid groups (broad SMARTS) is 1. The van der Waals surface area contributed by atoms with Crippen LogP contribution >= 0.6 is 0 Å². The van der Waals surface area contributed by atoms with Gasteiger partial charge in [0.15, 0.2) is 0 Å². The molecule has 2 heterocycles.